The normalized spacial score (nSPS) is 18.7. The number of rotatable bonds is 6. The summed E-state index contributed by atoms with van der Waals surface area (Å²) in [6.07, 6.45) is 6.89. The maximum atomic E-state index is 12.6. The van der Waals surface area contributed by atoms with Crippen molar-refractivity contribution >= 4 is 10.0 Å². The molecule has 134 valence electrons. The van der Waals surface area contributed by atoms with Gasteiger partial charge < -0.3 is 4.57 Å². The Morgan fingerprint density at radius 1 is 1.16 bits per heavy atom. The van der Waals surface area contributed by atoms with Gasteiger partial charge in [0.25, 0.3) is 0 Å². The molecule has 2 aliphatic rings. The first-order chi connectivity index (χ1) is 12.1. The van der Waals surface area contributed by atoms with Gasteiger partial charge in [0.15, 0.2) is 0 Å². The number of hydrogen-bond donors (Lipinski definition) is 0. The lowest BCUT2D eigenvalue weighted by atomic mass is 9.87. The molecule has 0 bridgehead atoms. The van der Waals surface area contributed by atoms with E-state index in [9.17, 15) is 8.42 Å². The molecule has 1 aromatic carbocycles. The van der Waals surface area contributed by atoms with Crippen LogP contribution >= 0.6 is 0 Å². The van der Waals surface area contributed by atoms with E-state index in [1.807, 2.05) is 12.4 Å². The summed E-state index contributed by atoms with van der Waals surface area (Å²) in [7, 11) is -3.15. The first-order valence-corrected chi connectivity index (χ1v) is 10.8. The highest BCUT2D eigenvalue weighted by Crippen LogP contribution is 2.30. The van der Waals surface area contributed by atoms with Gasteiger partial charge in [0, 0.05) is 25.2 Å². The lowest BCUT2D eigenvalue weighted by Crippen LogP contribution is -2.40. The molecule has 1 aliphatic carbocycles. The van der Waals surface area contributed by atoms with Crippen LogP contribution in [0.5, 0.6) is 0 Å². The molecule has 0 amide bonds. The molecule has 2 aromatic rings. The van der Waals surface area contributed by atoms with Gasteiger partial charge in [0.05, 0.1) is 24.3 Å². The predicted molar refractivity (Wildman–Crippen MR) is 97.6 cm³/mol. The number of benzene rings is 1. The Hall–Kier alpha value is -1.66. The van der Waals surface area contributed by atoms with E-state index in [2.05, 4.69) is 33.8 Å². The Labute approximate surface area is 149 Å². The lowest BCUT2D eigenvalue weighted by Gasteiger charge is -2.31. The molecule has 6 heteroatoms. The van der Waals surface area contributed by atoms with Crippen LogP contribution in [0.15, 0.2) is 36.7 Å². The minimum Gasteiger partial charge on any atom is -0.334 e. The van der Waals surface area contributed by atoms with Crippen molar-refractivity contribution in [2.24, 2.45) is 5.92 Å². The van der Waals surface area contributed by atoms with Crippen molar-refractivity contribution in [3.05, 3.63) is 53.6 Å². The van der Waals surface area contributed by atoms with Crippen molar-refractivity contribution in [2.75, 3.05) is 12.3 Å². The molecular weight excluding hydrogens is 334 g/mol. The fraction of sp³-hybridized carbons (Fsp3) is 0.526. The highest BCUT2D eigenvalue weighted by Gasteiger charge is 2.32. The molecule has 0 spiro atoms. The molecular formula is C19H25N3O2S. The molecule has 1 fully saturated rings. The third-order valence-corrected chi connectivity index (χ3v) is 7.50. The molecule has 0 N–H and O–H groups in total. The number of aromatic nitrogens is 2. The monoisotopic (exact) mass is 359 g/mol. The summed E-state index contributed by atoms with van der Waals surface area (Å²) in [6, 6.07) is 10.4. The molecule has 0 saturated heterocycles. The highest BCUT2D eigenvalue weighted by atomic mass is 32.2. The van der Waals surface area contributed by atoms with Crippen LogP contribution < -0.4 is 0 Å². The van der Waals surface area contributed by atoms with Crippen LogP contribution in [0, 0.1) is 5.92 Å². The van der Waals surface area contributed by atoms with E-state index in [0.717, 1.165) is 37.9 Å². The number of imidazole rings is 1. The van der Waals surface area contributed by atoms with Gasteiger partial charge in [0.2, 0.25) is 10.0 Å². The highest BCUT2D eigenvalue weighted by molar-refractivity contribution is 7.89. The molecule has 25 heavy (non-hydrogen) atoms. The fourth-order valence-corrected chi connectivity index (χ4v) is 5.56. The SMILES string of the molecule is O=S(=O)(CC1CCC1)N1CCc2c(ncn2CCc2ccccc2)C1. The van der Waals surface area contributed by atoms with Crippen LogP contribution in [0.1, 0.15) is 36.2 Å². The maximum Gasteiger partial charge on any atom is 0.214 e. The second kappa shape index (κ2) is 6.92. The number of sulfonamides is 1. The Kier molecular flexibility index (Phi) is 4.65. The standard InChI is InChI=1S/C19H25N3O2S/c23-25(24,14-17-7-4-8-17)22-12-10-19-18(13-22)20-15-21(19)11-9-16-5-2-1-3-6-16/h1-3,5-6,15,17H,4,7-14H2. The summed E-state index contributed by atoms with van der Waals surface area (Å²) in [5.74, 6) is 0.687. The maximum absolute atomic E-state index is 12.6. The van der Waals surface area contributed by atoms with Crippen molar-refractivity contribution in [1.29, 1.82) is 0 Å². The third-order valence-electron chi connectivity index (χ3n) is 5.51. The number of nitrogens with zero attached hydrogens (tertiary/aromatic N) is 3. The first-order valence-electron chi connectivity index (χ1n) is 9.16. The molecule has 4 rings (SSSR count). The third kappa shape index (κ3) is 3.65. The molecule has 0 radical (unpaired) electrons. The summed E-state index contributed by atoms with van der Waals surface area (Å²) in [5, 5.41) is 0. The smallest absolute Gasteiger partial charge is 0.214 e. The van der Waals surface area contributed by atoms with Crippen molar-refractivity contribution in [3.8, 4) is 0 Å². The summed E-state index contributed by atoms with van der Waals surface area (Å²) in [6.45, 7) is 1.91. The van der Waals surface area contributed by atoms with Gasteiger partial charge >= 0.3 is 0 Å². The van der Waals surface area contributed by atoms with Gasteiger partial charge in [-0.3, -0.25) is 0 Å². The molecule has 2 heterocycles. The second-order valence-corrected chi connectivity index (χ2v) is 9.24. The summed E-state index contributed by atoms with van der Waals surface area (Å²) in [4.78, 5) is 4.50. The zero-order valence-electron chi connectivity index (χ0n) is 14.5. The molecule has 0 atom stereocenters. The number of hydrogen-bond acceptors (Lipinski definition) is 3. The van der Waals surface area contributed by atoms with Crippen LogP contribution in [-0.4, -0.2) is 34.6 Å². The van der Waals surface area contributed by atoms with Crippen molar-refractivity contribution < 1.29 is 8.42 Å². The lowest BCUT2D eigenvalue weighted by molar-refractivity contribution is 0.328. The molecule has 1 aromatic heterocycles. The van der Waals surface area contributed by atoms with E-state index in [0.29, 0.717) is 24.8 Å². The molecule has 0 unspecified atom stereocenters. The second-order valence-electron chi connectivity index (χ2n) is 7.23. The van der Waals surface area contributed by atoms with E-state index in [1.165, 1.54) is 17.7 Å². The Bertz CT molecular complexity index is 826. The van der Waals surface area contributed by atoms with Crippen molar-refractivity contribution in [2.45, 2.75) is 45.2 Å². The summed E-state index contributed by atoms with van der Waals surface area (Å²) < 4.78 is 29.0. The van der Waals surface area contributed by atoms with Crippen LogP contribution in [-0.2, 0) is 36.0 Å². The van der Waals surface area contributed by atoms with E-state index >= 15 is 0 Å². The fourth-order valence-electron chi connectivity index (χ4n) is 3.73. The van der Waals surface area contributed by atoms with Crippen LogP contribution in [0.3, 0.4) is 0 Å². The number of fused-ring (bicyclic) bond motifs is 1. The van der Waals surface area contributed by atoms with E-state index in [4.69, 9.17) is 0 Å². The van der Waals surface area contributed by atoms with E-state index in [1.54, 1.807) is 4.31 Å². The van der Waals surface area contributed by atoms with Gasteiger partial charge in [-0.1, -0.05) is 36.8 Å². The van der Waals surface area contributed by atoms with E-state index in [-0.39, 0.29) is 0 Å². The average Bonchev–Trinajstić information content (AvgIpc) is 3.00. The zero-order valence-corrected chi connectivity index (χ0v) is 15.3. The topological polar surface area (TPSA) is 55.2 Å². The first kappa shape index (κ1) is 16.8. The Morgan fingerprint density at radius 2 is 1.96 bits per heavy atom. The Morgan fingerprint density at radius 3 is 2.68 bits per heavy atom. The van der Waals surface area contributed by atoms with Gasteiger partial charge in [-0.15, -0.1) is 0 Å². The number of aryl methyl sites for hydroxylation is 2. The van der Waals surface area contributed by atoms with Crippen molar-refractivity contribution in [1.82, 2.24) is 13.9 Å². The molecule has 1 aliphatic heterocycles. The van der Waals surface area contributed by atoms with Crippen LogP contribution in [0.25, 0.3) is 0 Å². The summed E-state index contributed by atoms with van der Waals surface area (Å²) >= 11 is 0. The quantitative estimate of drug-likeness (QED) is 0.797. The van der Waals surface area contributed by atoms with Crippen molar-refractivity contribution in [3.63, 3.8) is 0 Å². The van der Waals surface area contributed by atoms with Gasteiger partial charge in [0.1, 0.15) is 0 Å². The molecule has 1 saturated carbocycles. The van der Waals surface area contributed by atoms with Gasteiger partial charge in [-0.25, -0.2) is 13.4 Å². The largest absolute Gasteiger partial charge is 0.334 e. The minimum atomic E-state index is -3.15. The van der Waals surface area contributed by atoms with Crippen LogP contribution in [0.2, 0.25) is 0 Å². The van der Waals surface area contributed by atoms with Gasteiger partial charge in [-0.2, -0.15) is 4.31 Å². The summed E-state index contributed by atoms with van der Waals surface area (Å²) in [5.41, 5.74) is 3.44. The molecule has 5 nitrogen and oxygen atoms in total. The van der Waals surface area contributed by atoms with Gasteiger partial charge in [-0.05, 0) is 30.7 Å². The Balaban J connectivity index is 1.41. The minimum absolute atomic E-state index is 0.317. The van der Waals surface area contributed by atoms with E-state index < -0.39 is 10.0 Å². The predicted octanol–water partition coefficient (Wildman–Crippen LogP) is 2.61. The van der Waals surface area contributed by atoms with Crippen LogP contribution in [0.4, 0.5) is 0 Å². The average molecular weight is 359 g/mol. The zero-order chi connectivity index (χ0) is 17.3.